The molecule has 0 radical (unpaired) electrons. The molecule has 0 saturated heterocycles. The van der Waals surface area contributed by atoms with Crippen LogP contribution in [0.1, 0.15) is 44.3 Å². The molecule has 2 aromatic carbocycles. The number of aryl methyl sites for hydroxylation is 3. The van der Waals surface area contributed by atoms with Gasteiger partial charge in [-0.05, 0) is 42.6 Å². The first-order valence-corrected chi connectivity index (χ1v) is 10.3. The maximum Gasteiger partial charge on any atom is 0.227 e. The van der Waals surface area contributed by atoms with Crippen molar-refractivity contribution < 1.29 is 17.2 Å². The van der Waals surface area contributed by atoms with Crippen LogP contribution < -0.4 is 4.57 Å². The minimum atomic E-state index is -2.27. The highest BCUT2D eigenvalue weighted by Crippen LogP contribution is 2.49. The van der Waals surface area contributed by atoms with Crippen molar-refractivity contribution in [2.45, 2.75) is 33.0 Å². The maximum atomic E-state index is 8.42. The van der Waals surface area contributed by atoms with Crippen LogP contribution >= 0.6 is 0 Å². The molecule has 31 heavy (non-hydrogen) atoms. The molecule has 0 N–H and O–H groups in total. The monoisotopic (exact) mass is 411 g/mol. The van der Waals surface area contributed by atoms with Gasteiger partial charge in [0.1, 0.15) is 7.05 Å². The SMILES string of the molecule is [2H]C([2H])([2H])c1ccc(-c2c(C)ccc3c2oc2nc4c(cc23)C(C)(C([2H])([2H])[2H])c2ccccc2-4)[n+](C)c1. The van der Waals surface area contributed by atoms with Gasteiger partial charge in [-0.25, -0.2) is 9.55 Å². The van der Waals surface area contributed by atoms with Crippen LogP contribution in [0.5, 0.6) is 0 Å². The largest absolute Gasteiger partial charge is 0.437 e. The summed E-state index contributed by atoms with van der Waals surface area (Å²) in [6.07, 6.45) is 1.62. The lowest BCUT2D eigenvalue weighted by Gasteiger charge is -2.20. The van der Waals surface area contributed by atoms with E-state index in [1.807, 2.05) is 56.4 Å². The smallest absolute Gasteiger partial charge is 0.227 e. The average molecular weight is 412 g/mol. The summed E-state index contributed by atoms with van der Waals surface area (Å²) in [6.45, 7) is -0.729. The molecule has 3 heteroatoms. The van der Waals surface area contributed by atoms with Crippen LogP contribution in [0.15, 0.2) is 65.2 Å². The number of hydrogen-bond acceptors (Lipinski definition) is 2. The van der Waals surface area contributed by atoms with Crippen LogP contribution in [0.3, 0.4) is 0 Å². The van der Waals surface area contributed by atoms with E-state index in [2.05, 4.69) is 0 Å². The van der Waals surface area contributed by atoms with Crippen LogP contribution in [0.4, 0.5) is 0 Å². The van der Waals surface area contributed by atoms with E-state index in [0.717, 1.165) is 38.7 Å². The molecule has 0 fully saturated rings. The second-order valence-electron chi connectivity index (χ2n) is 8.56. The van der Waals surface area contributed by atoms with E-state index in [4.69, 9.17) is 17.6 Å². The van der Waals surface area contributed by atoms with E-state index in [-0.39, 0.29) is 5.56 Å². The van der Waals surface area contributed by atoms with E-state index in [1.165, 1.54) is 0 Å². The Morgan fingerprint density at radius 2 is 1.90 bits per heavy atom. The zero-order chi connectivity index (χ0) is 26.5. The number of fused-ring (bicyclic) bond motifs is 6. The van der Waals surface area contributed by atoms with Gasteiger partial charge in [-0.2, -0.15) is 0 Å². The summed E-state index contributed by atoms with van der Waals surface area (Å²) < 4.78 is 56.7. The van der Waals surface area contributed by atoms with Gasteiger partial charge in [-0.1, -0.05) is 50.2 Å². The summed E-state index contributed by atoms with van der Waals surface area (Å²) >= 11 is 0. The molecule has 1 unspecified atom stereocenters. The molecule has 0 saturated carbocycles. The number of nitrogens with zero attached hydrogens (tertiary/aromatic N) is 2. The van der Waals surface area contributed by atoms with Crippen molar-refractivity contribution in [3.8, 4) is 22.5 Å². The predicted octanol–water partition coefficient (Wildman–Crippen LogP) is 6.40. The molecular formula is C28H25N2O+. The quantitative estimate of drug-likeness (QED) is 0.299. The minimum Gasteiger partial charge on any atom is -0.437 e. The first-order chi connectivity index (χ1) is 17.3. The predicted molar refractivity (Wildman–Crippen MR) is 125 cm³/mol. The lowest BCUT2D eigenvalue weighted by atomic mass is 9.82. The van der Waals surface area contributed by atoms with Gasteiger partial charge in [0.2, 0.25) is 11.4 Å². The van der Waals surface area contributed by atoms with Gasteiger partial charge in [0, 0.05) is 41.6 Å². The van der Waals surface area contributed by atoms with Crippen molar-refractivity contribution in [3.63, 3.8) is 0 Å². The van der Waals surface area contributed by atoms with Gasteiger partial charge in [-0.3, -0.25) is 0 Å². The van der Waals surface area contributed by atoms with E-state index < -0.39 is 19.1 Å². The topological polar surface area (TPSA) is 29.9 Å². The second kappa shape index (κ2) is 6.04. The molecule has 1 atom stereocenters. The average Bonchev–Trinajstić information content (AvgIpc) is 3.31. The summed E-state index contributed by atoms with van der Waals surface area (Å²) in [6, 6.07) is 16.8. The fourth-order valence-electron chi connectivity index (χ4n) is 4.91. The summed E-state index contributed by atoms with van der Waals surface area (Å²) in [5.41, 5.74) is 5.59. The Balaban J connectivity index is 1.65. The third-order valence-corrected chi connectivity index (χ3v) is 6.49. The summed E-state index contributed by atoms with van der Waals surface area (Å²) in [5.74, 6) is 0. The third kappa shape index (κ3) is 2.40. The Morgan fingerprint density at radius 3 is 2.71 bits per heavy atom. The molecular weight excluding hydrogens is 380 g/mol. The van der Waals surface area contributed by atoms with Gasteiger partial charge in [0.25, 0.3) is 0 Å². The standard InChI is InChI=1S/C28H25N2O/c1-16-10-13-23(30(5)15-16)24-17(2)11-12-18-20-14-22-25(29-27(20)31-26(18)24)19-8-6-7-9-21(19)28(22,3)4/h6-15H,1-5H3/q+1/i1D3,3D3. The Labute approximate surface area is 190 Å². The van der Waals surface area contributed by atoms with Gasteiger partial charge in [-0.15, -0.1) is 0 Å². The molecule has 0 bridgehead atoms. The molecule has 3 aromatic heterocycles. The molecule has 0 aliphatic heterocycles. The highest BCUT2D eigenvalue weighted by Gasteiger charge is 2.37. The van der Waals surface area contributed by atoms with E-state index in [9.17, 15) is 0 Å². The second-order valence-corrected chi connectivity index (χ2v) is 8.56. The highest BCUT2D eigenvalue weighted by molar-refractivity contribution is 6.09. The lowest BCUT2D eigenvalue weighted by molar-refractivity contribution is -0.660. The number of hydrogen-bond donors (Lipinski definition) is 0. The van der Waals surface area contributed by atoms with Crippen LogP contribution in [-0.4, -0.2) is 4.98 Å². The molecule has 3 heterocycles. The van der Waals surface area contributed by atoms with Crippen molar-refractivity contribution in [1.82, 2.24) is 4.98 Å². The van der Waals surface area contributed by atoms with Crippen molar-refractivity contribution in [3.05, 3.63) is 83.0 Å². The maximum absolute atomic E-state index is 8.42. The molecule has 1 aliphatic carbocycles. The molecule has 3 nitrogen and oxygen atoms in total. The molecule has 0 spiro atoms. The Morgan fingerprint density at radius 1 is 1.03 bits per heavy atom. The number of benzene rings is 2. The van der Waals surface area contributed by atoms with E-state index in [1.54, 1.807) is 29.8 Å². The van der Waals surface area contributed by atoms with Gasteiger partial charge < -0.3 is 4.42 Å². The minimum absolute atomic E-state index is 0.258. The summed E-state index contributed by atoms with van der Waals surface area (Å²) in [4.78, 5) is 4.88. The third-order valence-electron chi connectivity index (χ3n) is 6.49. The molecule has 6 rings (SSSR count). The van der Waals surface area contributed by atoms with Crippen molar-refractivity contribution in [2.75, 3.05) is 0 Å². The fourth-order valence-corrected chi connectivity index (χ4v) is 4.91. The van der Waals surface area contributed by atoms with Crippen molar-refractivity contribution in [1.29, 1.82) is 0 Å². The Hall–Kier alpha value is -3.46. The fraction of sp³-hybridized carbons (Fsp3) is 0.214. The summed E-state index contributed by atoms with van der Waals surface area (Å²) in [7, 11) is 1.82. The zero-order valence-corrected chi connectivity index (χ0v) is 17.6. The van der Waals surface area contributed by atoms with Gasteiger partial charge >= 0.3 is 0 Å². The van der Waals surface area contributed by atoms with Crippen LogP contribution in [0.25, 0.3) is 44.6 Å². The molecule has 152 valence electrons. The Bertz CT molecular complexity index is 1750. The van der Waals surface area contributed by atoms with Crippen LogP contribution in [-0.2, 0) is 12.5 Å². The normalized spacial score (nSPS) is 21.0. The van der Waals surface area contributed by atoms with Crippen LogP contribution in [0, 0.1) is 13.8 Å². The van der Waals surface area contributed by atoms with Gasteiger partial charge in [0.05, 0.1) is 11.3 Å². The molecule has 1 aliphatic rings. The van der Waals surface area contributed by atoms with E-state index in [0.29, 0.717) is 22.6 Å². The summed E-state index contributed by atoms with van der Waals surface area (Å²) in [5, 5.41) is 1.58. The van der Waals surface area contributed by atoms with Crippen molar-refractivity contribution >= 4 is 22.1 Å². The van der Waals surface area contributed by atoms with Gasteiger partial charge in [0.15, 0.2) is 11.8 Å². The van der Waals surface area contributed by atoms with Crippen LogP contribution in [0.2, 0.25) is 0 Å². The van der Waals surface area contributed by atoms with Crippen molar-refractivity contribution in [2.24, 2.45) is 7.05 Å². The number of rotatable bonds is 1. The Kier molecular flexibility index (Phi) is 2.54. The first-order valence-electron chi connectivity index (χ1n) is 13.3. The zero-order valence-electron chi connectivity index (χ0n) is 23.6. The number of aromatic nitrogens is 2. The highest BCUT2D eigenvalue weighted by atomic mass is 16.3. The van der Waals surface area contributed by atoms with E-state index >= 15 is 0 Å². The number of pyridine rings is 2. The lowest BCUT2D eigenvalue weighted by Crippen LogP contribution is -2.31. The molecule has 5 aromatic rings. The number of furan rings is 1. The molecule has 0 amide bonds. The first kappa shape index (κ1) is 13.1.